The van der Waals surface area contributed by atoms with Crippen LogP contribution in [-0.4, -0.2) is 39.0 Å². The second-order valence-electron chi connectivity index (χ2n) is 4.45. The van der Waals surface area contributed by atoms with Crippen LogP contribution in [0.4, 0.5) is 4.39 Å². The van der Waals surface area contributed by atoms with Crippen molar-refractivity contribution in [3.8, 4) is 0 Å². The van der Waals surface area contributed by atoms with Gasteiger partial charge in [-0.15, -0.1) is 0 Å². The molecule has 0 unspecified atom stereocenters. The molecule has 0 bridgehead atoms. The molecule has 1 fully saturated rings. The maximum absolute atomic E-state index is 13.7. The zero-order valence-corrected chi connectivity index (χ0v) is 12.4. The van der Waals surface area contributed by atoms with E-state index in [-0.39, 0.29) is 28.6 Å². The Morgan fingerprint density at radius 1 is 1.35 bits per heavy atom. The highest BCUT2D eigenvalue weighted by Crippen LogP contribution is 2.26. The number of rotatable bonds is 3. The van der Waals surface area contributed by atoms with Crippen LogP contribution < -0.4 is 5.73 Å². The topological polar surface area (TPSA) is 72.6 Å². The van der Waals surface area contributed by atoms with Crippen molar-refractivity contribution >= 4 is 21.6 Å². The first kappa shape index (κ1) is 15.7. The molecule has 112 valence electrons. The fourth-order valence-corrected chi connectivity index (χ4v) is 3.74. The van der Waals surface area contributed by atoms with Crippen LogP contribution in [0.3, 0.4) is 0 Å². The van der Waals surface area contributed by atoms with Crippen molar-refractivity contribution < 1.29 is 17.5 Å². The molecule has 0 spiro atoms. The Balaban J connectivity index is 2.40. The largest absolute Gasteiger partial charge is 0.380 e. The Morgan fingerprint density at radius 3 is 2.80 bits per heavy atom. The highest BCUT2D eigenvalue weighted by molar-refractivity contribution is 7.89. The maximum Gasteiger partial charge on any atom is 0.243 e. The fourth-order valence-electron chi connectivity index (χ4n) is 2.03. The highest BCUT2D eigenvalue weighted by atomic mass is 35.5. The van der Waals surface area contributed by atoms with Gasteiger partial charge in [-0.3, -0.25) is 0 Å². The van der Waals surface area contributed by atoms with Crippen LogP contribution in [0.25, 0.3) is 0 Å². The second-order valence-corrected chi connectivity index (χ2v) is 6.77. The molecular formula is C12H16ClFN2O3S. The van der Waals surface area contributed by atoms with Gasteiger partial charge in [0.05, 0.1) is 16.5 Å². The fraction of sp³-hybridized carbons (Fsp3) is 0.500. The van der Waals surface area contributed by atoms with Crippen molar-refractivity contribution in [2.75, 3.05) is 26.3 Å². The first-order valence-corrected chi connectivity index (χ1v) is 8.04. The molecule has 0 saturated carbocycles. The van der Waals surface area contributed by atoms with E-state index in [0.29, 0.717) is 26.2 Å². The average molecular weight is 323 g/mol. The molecule has 0 atom stereocenters. The summed E-state index contributed by atoms with van der Waals surface area (Å²) >= 11 is 5.74. The summed E-state index contributed by atoms with van der Waals surface area (Å²) in [5.74, 6) is -0.778. The summed E-state index contributed by atoms with van der Waals surface area (Å²) < 4.78 is 45.2. The summed E-state index contributed by atoms with van der Waals surface area (Å²) in [7, 11) is -3.76. The zero-order chi connectivity index (χ0) is 14.8. The number of hydrogen-bond donors (Lipinski definition) is 1. The Kier molecular flexibility index (Phi) is 4.98. The molecule has 1 saturated heterocycles. The minimum Gasteiger partial charge on any atom is -0.380 e. The first-order valence-electron chi connectivity index (χ1n) is 6.22. The molecule has 0 radical (unpaired) electrons. The number of hydrogen-bond acceptors (Lipinski definition) is 4. The summed E-state index contributed by atoms with van der Waals surface area (Å²) in [4.78, 5) is -0.123. The van der Waals surface area contributed by atoms with Gasteiger partial charge in [-0.25, -0.2) is 12.8 Å². The van der Waals surface area contributed by atoms with Gasteiger partial charge in [0.25, 0.3) is 0 Å². The molecule has 1 aromatic carbocycles. The van der Waals surface area contributed by atoms with Crippen molar-refractivity contribution in [2.24, 2.45) is 5.73 Å². The van der Waals surface area contributed by atoms with E-state index < -0.39 is 15.8 Å². The summed E-state index contributed by atoms with van der Waals surface area (Å²) in [6, 6.07) is 2.26. The third-order valence-electron chi connectivity index (χ3n) is 3.12. The molecule has 2 rings (SSSR count). The lowest BCUT2D eigenvalue weighted by Gasteiger charge is -2.20. The molecule has 2 N–H and O–H groups in total. The van der Waals surface area contributed by atoms with Crippen molar-refractivity contribution in [2.45, 2.75) is 17.9 Å². The van der Waals surface area contributed by atoms with E-state index in [2.05, 4.69) is 0 Å². The van der Waals surface area contributed by atoms with Gasteiger partial charge in [-0.2, -0.15) is 4.31 Å². The molecule has 1 heterocycles. The Bertz CT molecular complexity index is 587. The monoisotopic (exact) mass is 322 g/mol. The SMILES string of the molecule is NCc1cc(S(=O)(=O)N2CCCOCC2)cc(F)c1Cl. The molecule has 1 aromatic rings. The summed E-state index contributed by atoms with van der Waals surface area (Å²) in [5.41, 5.74) is 5.73. The van der Waals surface area contributed by atoms with Crippen molar-refractivity contribution in [1.29, 1.82) is 0 Å². The van der Waals surface area contributed by atoms with E-state index in [1.165, 1.54) is 10.4 Å². The van der Waals surface area contributed by atoms with Crippen molar-refractivity contribution in [3.05, 3.63) is 28.5 Å². The molecule has 8 heteroatoms. The first-order chi connectivity index (χ1) is 9.46. The number of halogens is 2. The molecule has 1 aliphatic rings. The lowest BCUT2D eigenvalue weighted by molar-refractivity contribution is 0.148. The van der Waals surface area contributed by atoms with E-state index in [1.54, 1.807) is 0 Å². The minimum atomic E-state index is -3.76. The van der Waals surface area contributed by atoms with E-state index >= 15 is 0 Å². The smallest absolute Gasteiger partial charge is 0.243 e. The maximum atomic E-state index is 13.7. The van der Waals surface area contributed by atoms with Crippen LogP contribution in [0, 0.1) is 5.82 Å². The number of ether oxygens (including phenoxy) is 1. The van der Waals surface area contributed by atoms with Crippen LogP contribution >= 0.6 is 11.6 Å². The van der Waals surface area contributed by atoms with Crippen LogP contribution in [0.15, 0.2) is 17.0 Å². The van der Waals surface area contributed by atoms with Crippen LogP contribution in [0.2, 0.25) is 5.02 Å². The second kappa shape index (κ2) is 6.36. The lowest BCUT2D eigenvalue weighted by atomic mass is 10.2. The number of sulfonamides is 1. The van der Waals surface area contributed by atoms with Gasteiger partial charge in [0.1, 0.15) is 5.82 Å². The molecule has 5 nitrogen and oxygen atoms in total. The van der Waals surface area contributed by atoms with Gasteiger partial charge >= 0.3 is 0 Å². The Morgan fingerprint density at radius 2 is 2.10 bits per heavy atom. The summed E-state index contributed by atoms with van der Waals surface area (Å²) in [6.45, 7) is 1.44. The van der Waals surface area contributed by atoms with Gasteiger partial charge in [-0.05, 0) is 24.1 Å². The zero-order valence-electron chi connectivity index (χ0n) is 10.8. The minimum absolute atomic E-state index is 0.0256. The van der Waals surface area contributed by atoms with Crippen LogP contribution in [0.1, 0.15) is 12.0 Å². The van der Waals surface area contributed by atoms with Crippen LogP contribution in [-0.2, 0) is 21.3 Å². The Labute approximate surface area is 122 Å². The third kappa shape index (κ3) is 3.12. The summed E-state index contributed by atoms with van der Waals surface area (Å²) in [6.07, 6.45) is 0.610. The number of benzene rings is 1. The van der Waals surface area contributed by atoms with Gasteiger partial charge < -0.3 is 10.5 Å². The van der Waals surface area contributed by atoms with E-state index in [9.17, 15) is 12.8 Å². The molecule has 0 aliphatic carbocycles. The predicted molar refractivity (Wildman–Crippen MR) is 73.5 cm³/mol. The summed E-state index contributed by atoms with van der Waals surface area (Å²) in [5, 5.41) is -0.134. The van der Waals surface area contributed by atoms with Gasteiger partial charge in [0, 0.05) is 26.2 Å². The lowest BCUT2D eigenvalue weighted by Crippen LogP contribution is -2.33. The van der Waals surface area contributed by atoms with E-state index in [0.717, 1.165) is 6.07 Å². The number of nitrogens with zero attached hydrogens (tertiary/aromatic N) is 1. The van der Waals surface area contributed by atoms with Crippen LogP contribution in [0.5, 0.6) is 0 Å². The molecule has 1 aliphatic heterocycles. The van der Waals surface area contributed by atoms with Gasteiger partial charge in [0.15, 0.2) is 0 Å². The number of nitrogens with two attached hydrogens (primary N) is 1. The molecule has 20 heavy (non-hydrogen) atoms. The molecular weight excluding hydrogens is 307 g/mol. The van der Waals surface area contributed by atoms with E-state index in [1.807, 2.05) is 0 Å². The molecule has 0 aromatic heterocycles. The van der Waals surface area contributed by atoms with Gasteiger partial charge in [0.2, 0.25) is 10.0 Å². The normalized spacial score (nSPS) is 17.9. The average Bonchev–Trinajstić information content (AvgIpc) is 2.71. The predicted octanol–water partition coefficient (Wildman–Crippen LogP) is 1.35. The third-order valence-corrected chi connectivity index (χ3v) is 5.42. The Hall–Kier alpha value is -0.730. The van der Waals surface area contributed by atoms with Gasteiger partial charge in [-0.1, -0.05) is 11.6 Å². The van der Waals surface area contributed by atoms with Crippen molar-refractivity contribution in [3.63, 3.8) is 0 Å². The molecule has 0 amide bonds. The quantitative estimate of drug-likeness (QED) is 0.911. The van der Waals surface area contributed by atoms with Crippen molar-refractivity contribution in [1.82, 2.24) is 4.31 Å². The van der Waals surface area contributed by atoms with E-state index in [4.69, 9.17) is 22.1 Å². The highest BCUT2D eigenvalue weighted by Gasteiger charge is 2.27. The standard InChI is InChI=1S/C12H16ClFN2O3S/c13-12-9(8-15)6-10(7-11(12)14)20(17,18)16-2-1-4-19-5-3-16/h6-7H,1-5,8,15H2.